The van der Waals surface area contributed by atoms with E-state index in [0.717, 1.165) is 28.4 Å². The highest BCUT2D eigenvalue weighted by Crippen LogP contribution is 2.64. The molecule has 326 valence electrons. The molecule has 0 bridgehead atoms. The Morgan fingerprint density at radius 3 is 1.43 bits per heavy atom. The fourth-order valence-electron chi connectivity index (χ4n) is 12.4. The van der Waals surface area contributed by atoms with Crippen LogP contribution in [-0.4, -0.2) is 6.71 Å². The predicted octanol–water partition coefficient (Wildman–Crippen LogP) is 14.9. The Morgan fingerprint density at radius 1 is 0.362 bits per heavy atom. The summed E-state index contributed by atoms with van der Waals surface area (Å²) in [7, 11) is 0. The first-order valence-electron chi connectivity index (χ1n) is 24.3. The van der Waals surface area contributed by atoms with E-state index in [4.69, 9.17) is 0 Å². The number of para-hydroxylation sites is 5. The molecule has 10 aromatic rings. The van der Waals surface area contributed by atoms with Crippen molar-refractivity contribution in [2.75, 3.05) is 14.7 Å². The molecule has 4 aliphatic rings. The monoisotopic (exact) mass is 881 g/mol. The molecule has 2 heterocycles. The zero-order valence-electron chi connectivity index (χ0n) is 38.9. The van der Waals surface area contributed by atoms with E-state index in [0.29, 0.717) is 0 Å². The molecule has 3 nitrogen and oxygen atoms in total. The average Bonchev–Trinajstić information content (AvgIpc) is 3.85. The first-order valence-corrected chi connectivity index (χ1v) is 24.3. The molecule has 1 atom stereocenters. The van der Waals surface area contributed by atoms with Crippen molar-refractivity contribution in [1.29, 1.82) is 0 Å². The maximum Gasteiger partial charge on any atom is 0.252 e. The van der Waals surface area contributed by atoms with Crippen LogP contribution in [0.25, 0.3) is 22.3 Å². The first-order chi connectivity index (χ1) is 33.9. The Hall–Kier alpha value is -8.34. The van der Waals surface area contributed by atoms with Gasteiger partial charge in [-0.25, -0.2) is 0 Å². The van der Waals surface area contributed by atoms with E-state index in [9.17, 15) is 0 Å². The van der Waals surface area contributed by atoms with Crippen LogP contribution in [0.1, 0.15) is 48.6 Å². The van der Waals surface area contributed by atoms with Gasteiger partial charge >= 0.3 is 0 Å². The van der Waals surface area contributed by atoms with Gasteiger partial charge < -0.3 is 14.7 Å². The van der Waals surface area contributed by atoms with Crippen LogP contribution in [0.4, 0.5) is 51.2 Å². The van der Waals surface area contributed by atoms with Crippen molar-refractivity contribution in [1.82, 2.24) is 0 Å². The number of anilines is 9. The lowest BCUT2D eigenvalue weighted by Crippen LogP contribution is -2.61. The van der Waals surface area contributed by atoms with Gasteiger partial charge in [0.2, 0.25) is 0 Å². The summed E-state index contributed by atoms with van der Waals surface area (Å²) in [5.41, 5.74) is 25.6. The van der Waals surface area contributed by atoms with Gasteiger partial charge in [0, 0.05) is 51.2 Å². The largest absolute Gasteiger partial charge is 0.311 e. The summed E-state index contributed by atoms with van der Waals surface area (Å²) < 4.78 is 0. The van der Waals surface area contributed by atoms with Crippen LogP contribution in [0, 0.1) is 0 Å². The van der Waals surface area contributed by atoms with Crippen LogP contribution < -0.4 is 31.1 Å². The average molecular weight is 882 g/mol. The van der Waals surface area contributed by atoms with Crippen molar-refractivity contribution in [3.05, 3.63) is 264 Å². The van der Waals surface area contributed by atoms with Crippen molar-refractivity contribution >= 4 is 74.3 Å². The van der Waals surface area contributed by atoms with Crippen LogP contribution in [-0.2, 0) is 10.8 Å². The zero-order chi connectivity index (χ0) is 46.0. The Labute approximate surface area is 405 Å². The lowest BCUT2D eigenvalue weighted by molar-refractivity contribution is 0.590. The SMILES string of the molecule is CC(C)(C)c1cc2c3c(c1)N(c1ccccc1)c1cc4c(cc1B3c1ccccc1N2c1ccccc1)-c1ccccc1C41c2ccccc2-c2ccc(N(c3ccccc3)c3ccccc3)cc21. The van der Waals surface area contributed by atoms with E-state index in [2.05, 4.69) is 272 Å². The van der Waals surface area contributed by atoms with Gasteiger partial charge in [-0.2, -0.15) is 0 Å². The third-order valence-corrected chi connectivity index (χ3v) is 15.3. The number of benzene rings is 10. The fourth-order valence-corrected chi connectivity index (χ4v) is 12.4. The van der Waals surface area contributed by atoms with E-state index in [1.807, 2.05) is 0 Å². The van der Waals surface area contributed by atoms with E-state index in [1.54, 1.807) is 0 Å². The molecule has 0 fully saturated rings. The topological polar surface area (TPSA) is 9.72 Å². The minimum atomic E-state index is -0.586. The minimum absolute atomic E-state index is 0.00999. The first kappa shape index (κ1) is 39.8. The van der Waals surface area contributed by atoms with Crippen molar-refractivity contribution in [2.24, 2.45) is 0 Å². The molecule has 0 saturated heterocycles. The van der Waals surface area contributed by atoms with Gasteiger partial charge in [-0.1, -0.05) is 172 Å². The normalized spacial score (nSPS) is 15.4. The Morgan fingerprint density at radius 2 is 0.841 bits per heavy atom. The molecular weight excluding hydrogens is 834 g/mol. The molecule has 2 aliphatic heterocycles. The van der Waals surface area contributed by atoms with E-state index < -0.39 is 5.41 Å². The van der Waals surface area contributed by atoms with Crippen molar-refractivity contribution < 1.29 is 0 Å². The smallest absolute Gasteiger partial charge is 0.252 e. The van der Waals surface area contributed by atoms with Gasteiger partial charge in [0.15, 0.2) is 0 Å². The molecule has 69 heavy (non-hydrogen) atoms. The summed E-state index contributed by atoms with van der Waals surface area (Å²) in [5, 5.41) is 0. The molecular formula is C65H48BN3. The summed E-state index contributed by atoms with van der Waals surface area (Å²) in [6.45, 7) is 7.03. The third kappa shape index (κ3) is 5.63. The maximum absolute atomic E-state index is 2.61. The minimum Gasteiger partial charge on any atom is -0.311 e. The summed E-state index contributed by atoms with van der Waals surface area (Å²) in [4.78, 5) is 7.52. The van der Waals surface area contributed by atoms with Gasteiger partial charge in [-0.3, -0.25) is 0 Å². The summed E-state index contributed by atoms with van der Waals surface area (Å²) in [6.07, 6.45) is 0. The molecule has 0 saturated carbocycles. The molecule has 0 aromatic heterocycles. The van der Waals surface area contributed by atoms with Crippen molar-refractivity contribution in [2.45, 2.75) is 31.6 Å². The van der Waals surface area contributed by atoms with Crippen molar-refractivity contribution in [3.63, 3.8) is 0 Å². The molecule has 10 aromatic carbocycles. The van der Waals surface area contributed by atoms with Gasteiger partial charge in [-0.05, 0) is 157 Å². The summed E-state index contributed by atoms with van der Waals surface area (Å²) in [5.74, 6) is 0. The van der Waals surface area contributed by atoms with Gasteiger partial charge in [-0.15, -0.1) is 0 Å². The van der Waals surface area contributed by atoms with Gasteiger partial charge in [0.1, 0.15) is 0 Å². The predicted molar refractivity (Wildman–Crippen MR) is 290 cm³/mol. The molecule has 2 aliphatic carbocycles. The lowest BCUT2D eigenvalue weighted by atomic mass is 9.33. The maximum atomic E-state index is 2.61. The van der Waals surface area contributed by atoms with Crippen molar-refractivity contribution in [3.8, 4) is 22.3 Å². The molecule has 14 rings (SSSR count). The van der Waals surface area contributed by atoms with E-state index in [1.165, 1.54) is 89.2 Å². The number of hydrogen-bond acceptors (Lipinski definition) is 3. The highest BCUT2D eigenvalue weighted by atomic mass is 15.2. The number of nitrogens with zero attached hydrogens (tertiary/aromatic N) is 3. The highest BCUT2D eigenvalue weighted by molar-refractivity contribution is 7.00. The summed E-state index contributed by atoms with van der Waals surface area (Å²) in [6, 6.07) is 88.6. The second-order valence-electron chi connectivity index (χ2n) is 20.0. The van der Waals surface area contributed by atoms with Crippen LogP contribution in [0.2, 0.25) is 0 Å². The molecule has 0 N–H and O–H groups in total. The molecule has 0 radical (unpaired) electrons. The molecule has 4 heteroatoms. The lowest BCUT2D eigenvalue weighted by Gasteiger charge is -2.45. The fraction of sp³-hybridized carbons (Fsp3) is 0.0769. The van der Waals surface area contributed by atoms with Crippen LogP contribution in [0.3, 0.4) is 0 Å². The number of fused-ring (bicyclic) bond motifs is 14. The summed E-state index contributed by atoms with van der Waals surface area (Å²) >= 11 is 0. The zero-order valence-corrected chi connectivity index (χ0v) is 38.9. The third-order valence-electron chi connectivity index (χ3n) is 15.3. The van der Waals surface area contributed by atoms with Gasteiger partial charge in [0.05, 0.1) is 5.41 Å². The second-order valence-corrected chi connectivity index (χ2v) is 20.0. The standard InChI is InChI=1S/C65H48BN3/c1-64(2,3)43-38-61-63-62(39-43)69(47-28-14-7-15-29-47)60-42-56-52(41-58(60)66(63)57-34-20-21-35-59(57)68(61)46-26-12-6-13-27-46)50-31-17-19-33-54(50)65(56)53-32-18-16-30-49(53)51-37-36-48(40-55(51)65)67(44-22-8-4-9-23-44)45-24-10-5-11-25-45/h4-42H,1-3H3. The van der Waals surface area contributed by atoms with Crippen LogP contribution in [0.15, 0.2) is 237 Å². The molecule has 1 spiro atoms. The van der Waals surface area contributed by atoms with E-state index in [-0.39, 0.29) is 12.1 Å². The van der Waals surface area contributed by atoms with Gasteiger partial charge in [0.25, 0.3) is 6.71 Å². The highest BCUT2D eigenvalue weighted by Gasteiger charge is 2.54. The Balaban J connectivity index is 1.09. The quantitative estimate of drug-likeness (QED) is 0.160. The molecule has 0 amide bonds. The molecule has 1 unspecified atom stereocenters. The number of rotatable bonds is 5. The van der Waals surface area contributed by atoms with Crippen LogP contribution >= 0.6 is 0 Å². The van der Waals surface area contributed by atoms with Crippen LogP contribution in [0.5, 0.6) is 0 Å². The second kappa shape index (κ2) is 14.8. The Kier molecular flexibility index (Phi) is 8.55. The number of hydrogen-bond donors (Lipinski definition) is 0. The Bertz CT molecular complexity index is 3640. The van der Waals surface area contributed by atoms with E-state index >= 15 is 0 Å².